The zero-order chi connectivity index (χ0) is 14.8. The maximum atomic E-state index is 6.25. The lowest BCUT2D eigenvalue weighted by Gasteiger charge is -2.19. The molecule has 0 bridgehead atoms. The smallest absolute Gasteiger partial charge is 0.134 e. The molecule has 0 aliphatic rings. The van der Waals surface area contributed by atoms with Crippen molar-refractivity contribution < 1.29 is 4.42 Å². The third-order valence-corrected chi connectivity index (χ3v) is 4.09. The van der Waals surface area contributed by atoms with Crippen LogP contribution < -0.4 is 5.32 Å². The maximum Gasteiger partial charge on any atom is 0.134 e. The highest BCUT2D eigenvalue weighted by Crippen LogP contribution is 2.28. The molecule has 0 radical (unpaired) electrons. The zero-order valence-electron chi connectivity index (χ0n) is 12.1. The van der Waals surface area contributed by atoms with E-state index in [0.717, 1.165) is 27.3 Å². The van der Waals surface area contributed by atoms with Crippen molar-refractivity contribution in [1.29, 1.82) is 0 Å². The van der Waals surface area contributed by atoms with Crippen molar-refractivity contribution in [2.24, 2.45) is 0 Å². The molecule has 3 aromatic rings. The van der Waals surface area contributed by atoms with E-state index in [1.165, 1.54) is 0 Å². The molecule has 0 aliphatic heterocycles. The van der Waals surface area contributed by atoms with Crippen LogP contribution in [0.2, 0.25) is 5.02 Å². The Morgan fingerprint density at radius 2 is 1.67 bits per heavy atom. The fraction of sp³-hybridized carbons (Fsp3) is 0.222. The Hall–Kier alpha value is -1.77. The summed E-state index contributed by atoms with van der Waals surface area (Å²) < 4.78 is 5.90. The lowest BCUT2D eigenvalue weighted by Crippen LogP contribution is -2.22. The molecule has 0 saturated carbocycles. The summed E-state index contributed by atoms with van der Waals surface area (Å²) in [5.41, 5.74) is 2.02. The lowest BCUT2D eigenvalue weighted by molar-refractivity contribution is 0.417. The Balaban J connectivity index is 1.79. The van der Waals surface area contributed by atoms with Gasteiger partial charge in [-0.05, 0) is 37.6 Å². The Kier molecular flexibility index (Phi) is 4.00. The third kappa shape index (κ3) is 2.97. The second-order valence-electron chi connectivity index (χ2n) is 5.32. The molecule has 2 atom stereocenters. The molecule has 108 valence electrons. The largest absolute Gasteiger partial charge is 0.459 e. The molecule has 2 nitrogen and oxygen atoms in total. The quantitative estimate of drug-likeness (QED) is 0.688. The number of nitrogens with one attached hydrogen (secondary N) is 1. The summed E-state index contributed by atoms with van der Waals surface area (Å²) in [6.45, 7) is 4.21. The topological polar surface area (TPSA) is 25.2 Å². The van der Waals surface area contributed by atoms with Crippen LogP contribution in [0.25, 0.3) is 11.0 Å². The number of halogens is 1. The summed E-state index contributed by atoms with van der Waals surface area (Å²) in [4.78, 5) is 0. The minimum Gasteiger partial charge on any atom is -0.459 e. The fourth-order valence-corrected chi connectivity index (χ4v) is 2.89. The molecule has 0 fully saturated rings. The molecule has 3 rings (SSSR count). The lowest BCUT2D eigenvalue weighted by atomic mass is 10.1. The van der Waals surface area contributed by atoms with Gasteiger partial charge in [0, 0.05) is 16.5 Å². The molecule has 0 amide bonds. The molecular formula is C18H18ClNO. The number of rotatable bonds is 4. The average molecular weight is 300 g/mol. The van der Waals surface area contributed by atoms with E-state index >= 15 is 0 Å². The van der Waals surface area contributed by atoms with E-state index in [1.54, 1.807) is 0 Å². The van der Waals surface area contributed by atoms with Crippen molar-refractivity contribution in [2.45, 2.75) is 25.9 Å². The van der Waals surface area contributed by atoms with Gasteiger partial charge in [-0.3, -0.25) is 0 Å². The number of hydrogen-bond donors (Lipinski definition) is 1. The van der Waals surface area contributed by atoms with E-state index in [0.29, 0.717) is 0 Å². The van der Waals surface area contributed by atoms with Gasteiger partial charge in [-0.1, -0.05) is 48.0 Å². The summed E-state index contributed by atoms with van der Waals surface area (Å²) in [5.74, 6) is 0.940. The van der Waals surface area contributed by atoms with Gasteiger partial charge >= 0.3 is 0 Å². The van der Waals surface area contributed by atoms with Gasteiger partial charge in [0.05, 0.1) is 6.04 Å². The van der Waals surface area contributed by atoms with Crippen molar-refractivity contribution >= 4 is 22.6 Å². The second kappa shape index (κ2) is 5.92. The van der Waals surface area contributed by atoms with Crippen molar-refractivity contribution in [3.8, 4) is 0 Å². The summed E-state index contributed by atoms with van der Waals surface area (Å²) in [7, 11) is 0. The zero-order valence-corrected chi connectivity index (χ0v) is 12.9. The first kappa shape index (κ1) is 14.2. The molecule has 0 spiro atoms. The summed E-state index contributed by atoms with van der Waals surface area (Å²) in [6, 6.07) is 18.3. The molecule has 1 N–H and O–H groups in total. The number of benzene rings is 2. The first-order valence-corrected chi connectivity index (χ1v) is 7.52. The molecule has 1 aromatic heterocycles. The van der Waals surface area contributed by atoms with Gasteiger partial charge < -0.3 is 9.73 Å². The Bertz CT molecular complexity index is 717. The minimum atomic E-state index is 0.115. The second-order valence-corrected chi connectivity index (χ2v) is 5.73. The molecule has 0 aliphatic carbocycles. The molecule has 2 unspecified atom stereocenters. The van der Waals surface area contributed by atoms with Gasteiger partial charge in [0.15, 0.2) is 0 Å². The van der Waals surface area contributed by atoms with E-state index in [4.69, 9.17) is 16.0 Å². The van der Waals surface area contributed by atoms with Gasteiger partial charge in [0.2, 0.25) is 0 Å². The normalized spacial score (nSPS) is 14.2. The molecule has 1 heterocycles. The Labute approximate surface area is 129 Å². The standard InChI is InChI=1S/C18H18ClNO/c1-12(15-8-4-5-9-16(15)19)20-13(2)18-11-14-7-3-6-10-17(14)21-18/h3-13,20H,1-2H3. The van der Waals surface area contributed by atoms with Gasteiger partial charge in [-0.2, -0.15) is 0 Å². The highest BCUT2D eigenvalue weighted by atomic mass is 35.5. The molecule has 0 saturated heterocycles. The van der Waals surface area contributed by atoms with Gasteiger partial charge in [0.1, 0.15) is 11.3 Å². The fourth-order valence-electron chi connectivity index (χ4n) is 2.59. The predicted molar refractivity (Wildman–Crippen MR) is 87.6 cm³/mol. The summed E-state index contributed by atoms with van der Waals surface area (Å²) >= 11 is 6.25. The van der Waals surface area contributed by atoms with Crippen LogP contribution in [0.4, 0.5) is 0 Å². The van der Waals surface area contributed by atoms with E-state index in [-0.39, 0.29) is 12.1 Å². The first-order chi connectivity index (χ1) is 10.1. The van der Waals surface area contributed by atoms with Crippen LogP contribution in [0.5, 0.6) is 0 Å². The number of para-hydroxylation sites is 1. The van der Waals surface area contributed by atoms with Gasteiger partial charge in [-0.25, -0.2) is 0 Å². The van der Waals surface area contributed by atoms with Crippen molar-refractivity contribution in [3.63, 3.8) is 0 Å². The average Bonchev–Trinajstić information content (AvgIpc) is 2.91. The Morgan fingerprint density at radius 3 is 2.43 bits per heavy atom. The van der Waals surface area contributed by atoms with E-state index in [2.05, 4.69) is 31.3 Å². The van der Waals surface area contributed by atoms with Crippen LogP contribution in [0, 0.1) is 0 Å². The van der Waals surface area contributed by atoms with Crippen LogP contribution in [-0.2, 0) is 0 Å². The molecule has 2 aromatic carbocycles. The highest BCUT2D eigenvalue weighted by Gasteiger charge is 2.16. The minimum absolute atomic E-state index is 0.115. The molecule has 21 heavy (non-hydrogen) atoms. The van der Waals surface area contributed by atoms with Gasteiger partial charge in [0.25, 0.3) is 0 Å². The van der Waals surface area contributed by atoms with Crippen molar-refractivity contribution in [2.75, 3.05) is 0 Å². The number of fused-ring (bicyclic) bond motifs is 1. The van der Waals surface area contributed by atoms with Crippen LogP contribution in [-0.4, -0.2) is 0 Å². The SMILES string of the molecule is CC(NC(C)c1ccccc1Cl)c1cc2ccccc2o1. The Morgan fingerprint density at radius 1 is 0.952 bits per heavy atom. The van der Waals surface area contributed by atoms with Crippen molar-refractivity contribution in [3.05, 3.63) is 70.9 Å². The number of furan rings is 1. The first-order valence-electron chi connectivity index (χ1n) is 7.14. The van der Waals surface area contributed by atoms with Gasteiger partial charge in [-0.15, -0.1) is 0 Å². The van der Waals surface area contributed by atoms with Crippen LogP contribution >= 0.6 is 11.6 Å². The van der Waals surface area contributed by atoms with Crippen LogP contribution in [0.15, 0.2) is 59.0 Å². The summed E-state index contributed by atoms with van der Waals surface area (Å²) in [6.07, 6.45) is 0. The molecule has 3 heteroatoms. The van der Waals surface area contributed by atoms with E-state index < -0.39 is 0 Å². The van der Waals surface area contributed by atoms with Crippen LogP contribution in [0.3, 0.4) is 0 Å². The number of hydrogen-bond acceptors (Lipinski definition) is 2. The van der Waals surface area contributed by atoms with E-state index in [9.17, 15) is 0 Å². The molecular weight excluding hydrogens is 282 g/mol. The van der Waals surface area contributed by atoms with Crippen LogP contribution in [0.1, 0.15) is 37.3 Å². The summed E-state index contributed by atoms with van der Waals surface area (Å²) in [5, 5.41) is 5.45. The highest BCUT2D eigenvalue weighted by molar-refractivity contribution is 6.31. The van der Waals surface area contributed by atoms with E-state index in [1.807, 2.05) is 42.5 Å². The maximum absolute atomic E-state index is 6.25. The third-order valence-electron chi connectivity index (χ3n) is 3.74. The predicted octanol–water partition coefficient (Wildman–Crippen LogP) is 5.50. The van der Waals surface area contributed by atoms with Crippen molar-refractivity contribution in [1.82, 2.24) is 5.32 Å². The monoisotopic (exact) mass is 299 g/mol.